The van der Waals surface area contributed by atoms with Crippen LogP contribution in [-0.2, 0) is 4.79 Å². The maximum Gasteiger partial charge on any atom is 0.238 e. The van der Waals surface area contributed by atoms with E-state index in [0.29, 0.717) is 6.54 Å². The lowest BCUT2D eigenvalue weighted by Crippen LogP contribution is -2.31. The summed E-state index contributed by atoms with van der Waals surface area (Å²) in [5, 5.41) is 6.38. The van der Waals surface area contributed by atoms with E-state index in [4.69, 9.17) is 0 Å². The molecule has 0 fully saturated rings. The third-order valence-corrected chi connectivity index (χ3v) is 4.66. The second-order valence-electron chi connectivity index (χ2n) is 6.22. The van der Waals surface area contributed by atoms with Gasteiger partial charge < -0.3 is 10.6 Å². The lowest BCUT2D eigenvalue weighted by atomic mass is 10.0. The first-order valence-corrected chi connectivity index (χ1v) is 9.06. The fraction of sp³-hybridized carbons (Fsp3) is 0.350. The Bertz CT molecular complexity index is 687. The predicted molar refractivity (Wildman–Crippen MR) is 104 cm³/mol. The first-order valence-electron chi connectivity index (χ1n) is 8.27. The zero-order chi connectivity index (χ0) is 17.7. The van der Waals surface area contributed by atoms with Gasteiger partial charge in [-0.3, -0.25) is 4.79 Å². The second kappa shape index (κ2) is 8.45. The predicted octanol–water partition coefficient (Wildman–Crippen LogP) is 5.05. The molecule has 3 nitrogen and oxygen atoms in total. The van der Waals surface area contributed by atoms with Crippen LogP contribution in [0.25, 0.3) is 0 Å². The van der Waals surface area contributed by atoms with Crippen LogP contribution in [0.5, 0.6) is 0 Å². The van der Waals surface area contributed by atoms with Crippen molar-refractivity contribution in [2.24, 2.45) is 0 Å². The Balaban J connectivity index is 1.98. The van der Waals surface area contributed by atoms with Gasteiger partial charge in [-0.25, -0.2) is 0 Å². The van der Waals surface area contributed by atoms with E-state index in [1.807, 2.05) is 26.0 Å². The number of amides is 1. The van der Waals surface area contributed by atoms with Crippen molar-refractivity contribution in [2.45, 2.75) is 40.2 Å². The van der Waals surface area contributed by atoms with Crippen molar-refractivity contribution in [3.05, 3.63) is 63.1 Å². The highest BCUT2D eigenvalue weighted by Crippen LogP contribution is 2.22. The van der Waals surface area contributed by atoms with Gasteiger partial charge in [0.15, 0.2) is 0 Å². The number of hydrogen-bond donors (Lipinski definition) is 2. The van der Waals surface area contributed by atoms with E-state index in [1.165, 1.54) is 11.1 Å². The van der Waals surface area contributed by atoms with Gasteiger partial charge in [-0.2, -0.15) is 0 Å². The third-order valence-electron chi connectivity index (χ3n) is 4.13. The zero-order valence-corrected chi connectivity index (χ0v) is 16.3. The van der Waals surface area contributed by atoms with Crippen LogP contribution >= 0.6 is 15.9 Å². The van der Waals surface area contributed by atoms with Gasteiger partial charge in [0, 0.05) is 16.2 Å². The summed E-state index contributed by atoms with van der Waals surface area (Å²) in [6, 6.07) is 12.6. The highest BCUT2D eigenvalue weighted by molar-refractivity contribution is 9.10. The Labute approximate surface area is 153 Å². The van der Waals surface area contributed by atoms with Crippen molar-refractivity contribution in [3.63, 3.8) is 0 Å². The molecule has 0 aliphatic heterocycles. The van der Waals surface area contributed by atoms with E-state index in [2.05, 4.69) is 64.7 Å². The first-order chi connectivity index (χ1) is 11.4. The molecule has 1 amide bonds. The molecule has 0 spiro atoms. The van der Waals surface area contributed by atoms with Crippen LogP contribution in [0.4, 0.5) is 5.69 Å². The van der Waals surface area contributed by atoms with Gasteiger partial charge in [0.1, 0.15) is 0 Å². The molecule has 0 aromatic heterocycles. The molecule has 0 aliphatic carbocycles. The summed E-state index contributed by atoms with van der Waals surface area (Å²) in [7, 11) is 0. The Morgan fingerprint density at radius 2 is 1.67 bits per heavy atom. The van der Waals surface area contributed by atoms with Crippen molar-refractivity contribution in [1.82, 2.24) is 5.32 Å². The van der Waals surface area contributed by atoms with Crippen molar-refractivity contribution in [1.29, 1.82) is 0 Å². The Morgan fingerprint density at radius 1 is 1.08 bits per heavy atom. The number of hydrogen-bond acceptors (Lipinski definition) is 2. The second-order valence-corrected chi connectivity index (χ2v) is 7.13. The summed E-state index contributed by atoms with van der Waals surface area (Å²) in [5.41, 5.74) is 5.52. The summed E-state index contributed by atoms with van der Waals surface area (Å²) in [6.07, 6.45) is 0.928. The van der Waals surface area contributed by atoms with Crippen molar-refractivity contribution in [2.75, 3.05) is 11.9 Å². The number of aryl methyl sites for hydroxylation is 3. The molecule has 2 rings (SSSR count). The van der Waals surface area contributed by atoms with Crippen LogP contribution in [0.2, 0.25) is 0 Å². The quantitative estimate of drug-likeness (QED) is 0.726. The van der Waals surface area contributed by atoms with Crippen LogP contribution in [0.15, 0.2) is 40.9 Å². The molecule has 2 aromatic carbocycles. The number of anilines is 1. The minimum Gasteiger partial charge on any atom is -0.324 e. The molecule has 0 saturated carbocycles. The summed E-state index contributed by atoms with van der Waals surface area (Å²) >= 11 is 3.45. The fourth-order valence-corrected chi connectivity index (χ4v) is 3.23. The lowest BCUT2D eigenvalue weighted by molar-refractivity contribution is -0.115. The minimum absolute atomic E-state index is 0.0133. The summed E-state index contributed by atoms with van der Waals surface area (Å²) in [5.74, 6) is -0.0133. The standard InChI is InChI=1S/C20H25BrN2O/c1-5-18(16-6-8-17(21)9-7-16)22-12-19(24)23-20-14(3)10-13(2)11-15(20)4/h6-11,18,22H,5,12H2,1-4H3,(H,23,24)/t18-/m0/s1. The van der Waals surface area contributed by atoms with Crippen LogP contribution in [0, 0.1) is 20.8 Å². The van der Waals surface area contributed by atoms with Crippen LogP contribution in [0.1, 0.15) is 41.6 Å². The molecule has 0 radical (unpaired) electrons. The topological polar surface area (TPSA) is 41.1 Å². The maximum absolute atomic E-state index is 12.3. The summed E-state index contributed by atoms with van der Waals surface area (Å²) < 4.78 is 1.06. The van der Waals surface area contributed by atoms with E-state index in [-0.39, 0.29) is 11.9 Å². The molecule has 128 valence electrons. The molecule has 0 aliphatic rings. The van der Waals surface area contributed by atoms with E-state index >= 15 is 0 Å². The number of rotatable bonds is 6. The van der Waals surface area contributed by atoms with Crippen molar-refractivity contribution in [3.8, 4) is 0 Å². The number of halogens is 1. The molecular weight excluding hydrogens is 364 g/mol. The SMILES string of the molecule is CC[C@H](NCC(=O)Nc1c(C)cc(C)cc1C)c1ccc(Br)cc1. The third kappa shape index (κ3) is 4.92. The van der Waals surface area contributed by atoms with E-state index in [0.717, 1.165) is 27.7 Å². The number of carbonyl (C=O) groups is 1. The average molecular weight is 389 g/mol. The molecule has 1 atom stereocenters. The van der Waals surface area contributed by atoms with Gasteiger partial charge in [0.05, 0.1) is 6.54 Å². The van der Waals surface area contributed by atoms with Gasteiger partial charge in [-0.05, 0) is 56.0 Å². The number of benzene rings is 2. The molecule has 0 bridgehead atoms. The number of carbonyl (C=O) groups excluding carboxylic acids is 1. The van der Waals surface area contributed by atoms with Crippen molar-refractivity contribution < 1.29 is 4.79 Å². The molecular formula is C20H25BrN2O. The molecule has 24 heavy (non-hydrogen) atoms. The molecule has 2 N–H and O–H groups in total. The Hall–Kier alpha value is -1.65. The van der Waals surface area contributed by atoms with E-state index in [9.17, 15) is 4.79 Å². The van der Waals surface area contributed by atoms with Gasteiger partial charge >= 0.3 is 0 Å². The normalized spacial score (nSPS) is 12.0. The van der Waals surface area contributed by atoms with Gasteiger partial charge in [0.25, 0.3) is 0 Å². The van der Waals surface area contributed by atoms with Gasteiger partial charge in [-0.15, -0.1) is 0 Å². The monoisotopic (exact) mass is 388 g/mol. The van der Waals surface area contributed by atoms with Gasteiger partial charge in [-0.1, -0.05) is 52.7 Å². The average Bonchev–Trinajstić information content (AvgIpc) is 2.53. The van der Waals surface area contributed by atoms with Crippen molar-refractivity contribution >= 4 is 27.5 Å². The van der Waals surface area contributed by atoms with E-state index in [1.54, 1.807) is 0 Å². The van der Waals surface area contributed by atoms with Gasteiger partial charge in [0.2, 0.25) is 5.91 Å². The number of nitrogens with one attached hydrogen (secondary N) is 2. The zero-order valence-electron chi connectivity index (χ0n) is 14.7. The highest BCUT2D eigenvalue weighted by atomic mass is 79.9. The lowest BCUT2D eigenvalue weighted by Gasteiger charge is -2.18. The molecule has 0 heterocycles. The van der Waals surface area contributed by atoms with Crippen LogP contribution in [-0.4, -0.2) is 12.5 Å². The summed E-state index contributed by atoms with van der Waals surface area (Å²) in [4.78, 5) is 12.3. The molecule has 4 heteroatoms. The minimum atomic E-state index is -0.0133. The van der Waals surface area contributed by atoms with E-state index < -0.39 is 0 Å². The summed E-state index contributed by atoms with van der Waals surface area (Å²) in [6.45, 7) is 8.53. The molecule has 0 saturated heterocycles. The molecule has 0 unspecified atom stereocenters. The Kier molecular flexibility index (Phi) is 6.58. The van der Waals surface area contributed by atoms with Crippen LogP contribution < -0.4 is 10.6 Å². The maximum atomic E-state index is 12.3. The first kappa shape index (κ1) is 18.7. The Morgan fingerprint density at radius 3 is 2.21 bits per heavy atom. The van der Waals surface area contributed by atoms with Crippen LogP contribution in [0.3, 0.4) is 0 Å². The highest BCUT2D eigenvalue weighted by Gasteiger charge is 2.12. The smallest absolute Gasteiger partial charge is 0.238 e. The largest absolute Gasteiger partial charge is 0.324 e. The molecule has 2 aromatic rings. The fourth-order valence-electron chi connectivity index (χ4n) is 2.97.